The third kappa shape index (κ3) is 3.24. The Morgan fingerprint density at radius 1 is 1.33 bits per heavy atom. The molecule has 8 heteroatoms. The van der Waals surface area contributed by atoms with Crippen LogP contribution in [0.25, 0.3) is 0 Å². The Labute approximate surface area is 173 Å². The number of rotatable bonds is 3. The van der Waals surface area contributed by atoms with E-state index in [1.807, 2.05) is 13.8 Å². The summed E-state index contributed by atoms with van der Waals surface area (Å²) in [4.78, 5) is 29.9. The molecule has 2 aromatic rings. The monoisotopic (exact) mass is 403 g/mol. The molecule has 1 aliphatic carbocycles. The summed E-state index contributed by atoms with van der Waals surface area (Å²) in [6.45, 7) is 3.97. The fourth-order valence-corrected chi connectivity index (χ4v) is 4.05. The maximum absolute atomic E-state index is 13.2. The van der Waals surface area contributed by atoms with E-state index in [0.29, 0.717) is 35.4 Å². The highest BCUT2D eigenvalue weighted by atomic mass is 16.3. The van der Waals surface area contributed by atoms with Crippen LogP contribution in [0.15, 0.2) is 70.0 Å². The highest BCUT2D eigenvalue weighted by Gasteiger charge is 2.45. The van der Waals surface area contributed by atoms with Gasteiger partial charge < -0.3 is 10.2 Å². The SMILES string of the molecule is CC1(C)CC(=O)C2=C(C1)N(NC(=O)c1ccncc1)C(N)=C(C#N)C2c1ccco1. The van der Waals surface area contributed by atoms with Crippen LogP contribution in [0.2, 0.25) is 0 Å². The van der Waals surface area contributed by atoms with Gasteiger partial charge in [-0.25, -0.2) is 5.01 Å². The van der Waals surface area contributed by atoms with Crippen molar-refractivity contribution in [2.45, 2.75) is 32.6 Å². The molecule has 0 saturated heterocycles. The standard InChI is InChI=1S/C22H21N5O3/c1-22(2)10-15-19(16(28)11-22)18(17-4-3-9-30-17)14(12-23)20(24)27(15)26-21(29)13-5-7-25-8-6-13/h3-9,18H,10-11,24H2,1-2H3,(H,26,29). The summed E-state index contributed by atoms with van der Waals surface area (Å²) >= 11 is 0. The number of carbonyl (C=O) groups is 2. The fourth-order valence-electron chi connectivity index (χ4n) is 4.05. The lowest BCUT2D eigenvalue weighted by Gasteiger charge is -2.42. The summed E-state index contributed by atoms with van der Waals surface area (Å²) in [5, 5.41) is 11.3. The number of pyridine rings is 1. The quantitative estimate of drug-likeness (QED) is 0.807. The molecule has 1 unspecified atom stereocenters. The first-order valence-electron chi connectivity index (χ1n) is 9.53. The van der Waals surface area contributed by atoms with Crippen LogP contribution in [0.5, 0.6) is 0 Å². The summed E-state index contributed by atoms with van der Waals surface area (Å²) in [6, 6.07) is 8.68. The second-order valence-corrected chi connectivity index (χ2v) is 8.17. The molecule has 1 aliphatic heterocycles. The second-order valence-electron chi connectivity index (χ2n) is 8.17. The molecular weight excluding hydrogens is 382 g/mol. The number of nitrogens with two attached hydrogens (primary N) is 1. The van der Waals surface area contributed by atoms with Crippen LogP contribution in [0, 0.1) is 16.7 Å². The minimum Gasteiger partial charge on any atom is -0.468 e. The second kappa shape index (κ2) is 7.19. The lowest BCUT2D eigenvalue weighted by atomic mass is 9.70. The van der Waals surface area contributed by atoms with Gasteiger partial charge in [0.15, 0.2) is 5.78 Å². The number of ketones is 1. The molecule has 0 fully saturated rings. The molecule has 0 radical (unpaired) electrons. The number of hydrazine groups is 1. The molecule has 2 aliphatic rings. The Kier molecular flexibility index (Phi) is 4.66. The number of aromatic nitrogens is 1. The van der Waals surface area contributed by atoms with E-state index in [1.54, 1.807) is 24.3 Å². The van der Waals surface area contributed by atoms with Gasteiger partial charge in [-0.15, -0.1) is 0 Å². The van der Waals surface area contributed by atoms with Gasteiger partial charge in [0.25, 0.3) is 5.91 Å². The van der Waals surface area contributed by atoms with Crippen molar-refractivity contribution in [2.24, 2.45) is 11.1 Å². The van der Waals surface area contributed by atoms with Crippen molar-refractivity contribution in [1.29, 1.82) is 5.26 Å². The maximum Gasteiger partial charge on any atom is 0.270 e. The molecule has 1 amide bonds. The zero-order valence-corrected chi connectivity index (χ0v) is 16.7. The van der Waals surface area contributed by atoms with E-state index in [2.05, 4.69) is 16.5 Å². The molecule has 1 atom stereocenters. The molecule has 0 saturated carbocycles. The van der Waals surface area contributed by atoms with Crippen LogP contribution < -0.4 is 11.2 Å². The van der Waals surface area contributed by atoms with E-state index < -0.39 is 11.8 Å². The van der Waals surface area contributed by atoms with Crippen LogP contribution in [-0.2, 0) is 4.79 Å². The average molecular weight is 403 g/mol. The number of carbonyl (C=O) groups excluding carboxylic acids is 2. The molecule has 0 aromatic carbocycles. The highest BCUT2D eigenvalue weighted by Crippen LogP contribution is 2.48. The molecule has 30 heavy (non-hydrogen) atoms. The Bertz CT molecular complexity index is 1110. The number of nitriles is 1. The molecule has 2 aromatic heterocycles. The number of amides is 1. The summed E-state index contributed by atoms with van der Waals surface area (Å²) in [5.41, 5.74) is 10.4. The van der Waals surface area contributed by atoms with Gasteiger partial charge in [-0.2, -0.15) is 5.26 Å². The third-order valence-electron chi connectivity index (χ3n) is 5.36. The fraction of sp³-hybridized carbons (Fsp3) is 0.273. The molecular formula is C22H21N5O3. The number of nitrogens with one attached hydrogen (secondary N) is 1. The molecule has 0 bridgehead atoms. The normalized spacial score (nSPS) is 20.6. The Morgan fingerprint density at radius 2 is 2.07 bits per heavy atom. The van der Waals surface area contributed by atoms with Crippen molar-refractivity contribution >= 4 is 11.7 Å². The molecule has 4 rings (SSSR count). The maximum atomic E-state index is 13.2. The van der Waals surface area contributed by atoms with Crippen LogP contribution in [0.3, 0.4) is 0 Å². The summed E-state index contributed by atoms with van der Waals surface area (Å²) < 4.78 is 5.55. The highest BCUT2D eigenvalue weighted by molar-refractivity contribution is 6.00. The van der Waals surface area contributed by atoms with Gasteiger partial charge in [0.2, 0.25) is 0 Å². The number of furan rings is 1. The van der Waals surface area contributed by atoms with Crippen molar-refractivity contribution < 1.29 is 14.0 Å². The minimum atomic E-state index is -0.697. The number of hydrogen-bond donors (Lipinski definition) is 2. The number of nitrogens with zero attached hydrogens (tertiary/aromatic N) is 3. The van der Waals surface area contributed by atoms with Gasteiger partial charge in [-0.1, -0.05) is 13.8 Å². The average Bonchev–Trinajstić information content (AvgIpc) is 3.24. The smallest absolute Gasteiger partial charge is 0.270 e. The van der Waals surface area contributed by atoms with Gasteiger partial charge in [0.05, 0.1) is 29.5 Å². The molecule has 3 heterocycles. The van der Waals surface area contributed by atoms with Gasteiger partial charge in [0, 0.05) is 30.0 Å². The van der Waals surface area contributed by atoms with Gasteiger partial charge in [-0.3, -0.25) is 20.0 Å². The van der Waals surface area contributed by atoms with Crippen molar-refractivity contribution in [3.05, 3.63) is 76.9 Å². The lowest BCUT2D eigenvalue weighted by molar-refractivity contribution is -0.118. The number of Topliss-reactive ketones (excluding diaryl/α,β-unsaturated/α-hetero) is 1. The first-order valence-corrected chi connectivity index (χ1v) is 9.53. The summed E-state index contributed by atoms with van der Waals surface area (Å²) in [7, 11) is 0. The van der Waals surface area contributed by atoms with Gasteiger partial charge >= 0.3 is 0 Å². The Hall–Kier alpha value is -3.86. The van der Waals surface area contributed by atoms with E-state index in [4.69, 9.17) is 10.2 Å². The van der Waals surface area contributed by atoms with E-state index >= 15 is 0 Å². The number of allylic oxidation sites excluding steroid dienone is 3. The van der Waals surface area contributed by atoms with Gasteiger partial charge in [0.1, 0.15) is 11.6 Å². The van der Waals surface area contributed by atoms with Crippen LogP contribution in [-0.4, -0.2) is 21.7 Å². The number of hydrogen-bond acceptors (Lipinski definition) is 7. The molecule has 8 nitrogen and oxygen atoms in total. The first kappa shape index (κ1) is 19.5. The molecule has 152 valence electrons. The van der Waals surface area contributed by atoms with Gasteiger partial charge in [-0.05, 0) is 36.1 Å². The zero-order valence-electron chi connectivity index (χ0n) is 16.7. The topological polar surface area (TPSA) is 125 Å². The Balaban J connectivity index is 1.85. The predicted molar refractivity (Wildman–Crippen MR) is 107 cm³/mol. The van der Waals surface area contributed by atoms with E-state index in [-0.39, 0.29) is 22.6 Å². The summed E-state index contributed by atoms with van der Waals surface area (Å²) in [6.07, 6.45) is 5.34. The third-order valence-corrected chi connectivity index (χ3v) is 5.36. The minimum absolute atomic E-state index is 0.0746. The van der Waals surface area contributed by atoms with Crippen molar-refractivity contribution in [2.75, 3.05) is 0 Å². The van der Waals surface area contributed by atoms with Crippen molar-refractivity contribution in [3.8, 4) is 6.07 Å². The molecule has 0 spiro atoms. The largest absolute Gasteiger partial charge is 0.468 e. The lowest BCUT2D eigenvalue weighted by Crippen LogP contribution is -2.49. The van der Waals surface area contributed by atoms with Crippen LogP contribution in [0.1, 0.15) is 48.7 Å². The first-order chi connectivity index (χ1) is 14.3. The summed E-state index contributed by atoms with van der Waals surface area (Å²) in [5.74, 6) is -0.666. The Morgan fingerprint density at radius 3 is 2.70 bits per heavy atom. The van der Waals surface area contributed by atoms with Crippen LogP contribution in [0.4, 0.5) is 0 Å². The van der Waals surface area contributed by atoms with E-state index in [9.17, 15) is 14.9 Å². The van der Waals surface area contributed by atoms with E-state index in [1.165, 1.54) is 23.7 Å². The van der Waals surface area contributed by atoms with Crippen LogP contribution >= 0.6 is 0 Å². The van der Waals surface area contributed by atoms with Crippen molar-refractivity contribution in [1.82, 2.24) is 15.4 Å². The van der Waals surface area contributed by atoms with Crippen molar-refractivity contribution in [3.63, 3.8) is 0 Å². The molecule has 3 N–H and O–H groups in total. The zero-order chi connectivity index (χ0) is 21.5. The predicted octanol–water partition coefficient (Wildman–Crippen LogP) is 2.76. The van der Waals surface area contributed by atoms with E-state index in [0.717, 1.165) is 0 Å².